The van der Waals surface area contributed by atoms with Crippen LogP contribution in [0.2, 0.25) is 0 Å². The molecule has 1 aromatic heterocycles. The number of amides is 2. The van der Waals surface area contributed by atoms with E-state index in [4.69, 9.17) is 4.42 Å². The lowest BCUT2D eigenvalue weighted by atomic mass is 10.1. The third kappa shape index (κ3) is 4.65. The first-order chi connectivity index (χ1) is 11.0. The van der Waals surface area contributed by atoms with E-state index < -0.39 is 29.8 Å². The van der Waals surface area contributed by atoms with Crippen molar-refractivity contribution >= 4 is 11.8 Å². The van der Waals surface area contributed by atoms with Gasteiger partial charge in [-0.1, -0.05) is 12.1 Å². The predicted molar refractivity (Wildman–Crippen MR) is 80.0 cm³/mol. The van der Waals surface area contributed by atoms with E-state index in [9.17, 15) is 19.1 Å². The fraction of sp³-hybridized carbons (Fsp3) is 0.250. The van der Waals surface area contributed by atoms with Gasteiger partial charge in [0.15, 0.2) is 5.76 Å². The van der Waals surface area contributed by atoms with E-state index in [1.807, 2.05) is 0 Å². The second-order valence-electron chi connectivity index (χ2n) is 4.98. The van der Waals surface area contributed by atoms with Crippen molar-refractivity contribution in [3.05, 3.63) is 59.8 Å². The highest BCUT2D eigenvalue weighted by Crippen LogP contribution is 2.12. The molecule has 2 rings (SSSR count). The molecule has 0 spiro atoms. The van der Waals surface area contributed by atoms with Crippen molar-refractivity contribution < 1.29 is 23.5 Å². The summed E-state index contributed by atoms with van der Waals surface area (Å²) < 4.78 is 17.7. The molecule has 0 fully saturated rings. The first kappa shape index (κ1) is 16.7. The van der Waals surface area contributed by atoms with Crippen LogP contribution in [0.3, 0.4) is 0 Å². The third-order valence-electron chi connectivity index (χ3n) is 3.21. The summed E-state index contributed by atoms with van der Waals surface area (Å²) >= 11 is 0. The van der Waals surface area contributed by atoms with Crippen molar-refractivity contribution in [3.63, 3.8) is 0 Å². The van der Waals surface area contributed by atoms with Gasteiger partial charge in [0.05, 0.1) is 12.4 Å². The molecule has 2 aromatic rings. The van der Waals surface area contributed by atoms with E-state index in [1.165, 1.54) is 43.5 Å². The van der Waals surface area contributed by atoms with E-state index in [0.29, 0.717) is 5.56 Å². The van der Waals surface area contributed by atoms with E-state index in [2.05, 4.69) is 10.6 Å². The number of nitrogens with one attached hydrogen (secondary N) is 2. The highest BCUT2D eigenvalue weighted by molar-refractivity contribution is 5.95. The lowest BCUT2D eigenvalue weighted by Gasteiger charge is -2.16. The number of rotatable bonds is 6. The minimum Gasteiger partial charge on any atom is -0.459 e. The van der Waals surface area contributed by atoms with Gasteiger partial charge >= 0.3 is 0 Å². The number of carbonyl (C=O) groups excluding carboxylic acids is 2. The lowest BCUT2D eigenvalue weighted by Crippen LogP contribution is -2.45. The summed E-state index contributed by atoms with van der Waals surface area (Å²) in [6, 6.07) is 7.59. The maximum absolute atomic E-state index is 12.8. The SMILES string of the molecule is CC(NC(=O)c1ccco1)C(=O)NCC(O)c1ccc(F)cc1. The molecule has 0 radical (unpaired) electrons. The molecule has 2 amide bonds. The van der Waals surface area contributed by atoms with Crippen LogP contribution in [0.15, 0.2) is 47.1 Å². The zero-order valence-corrected chi connectivity index (χ0v) is 12.5. The van der Waals surface area contributed by atoms with Crippen LogP contribution in [0.4, 0.5) is 4.39 Å². The van der Waals surface area contributed by atoms with E-state index in [-0.39, 0.29) is 12.3 Å². The Bertz CT molecular complexity index is 655. The normalized spacial score (nSPS) is 13.2. The Morgan fingerprint density at radius 3 is 2.57 bits per heavy atom. The Hall–Kier alpha value is -2.67. The monoisotopic (exact) mass is 320 g/mol. The van der Waals surface area contributed by atoms with Gasteiger partial charge in [-0.3, -0.25) is 9.59 Å². The van der Waals surface area contributed by atoms with Gasteiger partial charge in [-0.15, -0.1) is 0 Å². The van der Waals surface area contributed by atoms with Gasteiger partial charge in [-0.2, -0.15) is 0 Å². The zero-order valence-electron chi connectivity index (χ0n) is 12.5. The molecule has 1 aromatic carbocycles. The lowest BCUT2D eigenvalue weighted by molar-refractivity contribution is -0.123. The fourth-order valence-corrected chi connectivity index (χ4v) is 1.89. The predicted octanol–water partition coefficient (Wildman–Crippen LogP) is 1.39. The molecule has 23 heavy (non-hydrogen) atoms. The van der Waals surface area contributed by atoms with Crippen LogP contribution in [0.5, 0.6) is 0 Å². The molecular formula is C16H17FN2O4. The first-order valence-electron chi connectivity index (χ1n) is 7.03. The number of halogens is 1. The molecule has 0 bridgehead atoms. The Labute approximate surface area is 132 Å². The molecule has 0 saturated carbocycles. The van der Waals surface area contributed by atoms with Crippen molar-refractivity contribution in [3.8, 4) is 0 Å². The molecule has 2 unspecified atom stereocenters. The molecule has 2 atom stereocenters. The van der Waals surface area contributed by atoms with Crippen molar-refractivity contribution in [2.75, 3.05) is 6.54 Å². The summed E-state index contributed by atoms with van der Waals surface area (Å²) in [5.41, 5.74) is 0.485. The number of benzene rings is 1. The summed E-state index contributed by atoms with van der Waals surface area (Å²) in [6.07, 6.45) is 0.395. The standard InChI is InChI=1S/C16H17FN2O4/c1-10(19-16(22)14-3-2-8-23-14)15(21)18-9-13(20)11-4-6-12(17)7-5-11/h2-8,10,13,20H,9H2,1H3,(H,18,21)(H,19,22). The minimum atomic E-state index is -0.965. The van der Waals surface area contributed by atoms with Gasteiger partial charge < -0.3 is 20.2 Å². The molecule has 0 aliphatic carbocycles. The number of aliphatic hydroxyl groups excluding tert-OH is 1. The average Bonchev–Trinajstić information content (AvgIpc) is 3.07. The molecule has 3 N–H and O–H groups in total. The number of furan rings is 1. The van der Waals surface area contributed by atoms with E-state index >= 15 is 0 Å². The van der Waals surface area contributed by atoms with Crippen LogP contribution in [0.1, 0.15) is 29.1 Å². The van der Waals surface area contributed by atoms with Gasteiger partial charge in [0.25, 0.3) is 5.91 Å². The Morgan fingerprint density at radius 2 is 1.96 bits per heavy atom. The van der Waals surface area contributed by atoms with Crippen LogP contribution in [-0.4, -0.2) is 29.5 Å². The number of carbonyl (C=O) groups is 2. The number of hydrogen-bond acceptors (Lipinski definition) is 4. The molecule has 7 heteroatoms. The van der Waals surface area contributed by atoms with Crippen molar-refractivity contribution in [1.82, 2.24) is 10.6 Å². The molecular weight excluding hydrogens is 303 g/mol. The maximum atomic E-state index is 12.8. The second kappa shape index (κ2) is 7.55. The molecule has 0 aliphatic rings. The summed E-state index contributed by atoms with van der Waals surface area (Å²) in [5, 5.41) is 14.9. The van der Waals surface area contributed by atoms with Crippen LogP contribution < -0.4 is 10.6 Å². The molecule has 6 nitrogen and oxygen atoms in total. The van der Waals surface area contributed by atoms with Crippen LogP contribution in [0.25, 0.3) is 0 Å². The minimum absolute atomic E-state index is 0.0502. The van der Waals surface area contributed by atoms with E-state index in [0.717, 1.165) is 0 Å². The Kier molecular flexibility index (Phi) is 5.48. The van der Waals surface area contributed by atoms with Gasteiger partial charge in [0.1, 0.15) is 11.9 Å². The van der Waals surface area contributed by atoms with Gasteiger partial charge in [-0.25, -0.2) is 4.39 Å². The van der Waals surface area contributed by atoms with Crippen LogP contribution >= 0.6 is 0 Å². The number of hydrogen-bond donors (Lipinski definition) is 3. The van der Waals surface area contributed by atoms with Crippen LogP contribution in [-0.2, 0) is 4.79 Å². The highest BCUT2D eigenvalue weighted by atomic mass is 19.1. The summed E-state index contributed by atoms with van der Waals surface area (Å²) in [5.74, 6) is -1.25. The quantitative estimate of drug-likeness (QED) is 0.750. The molecule has 0 saturated heterocycles. The van der Waals surface area contributed by atoms with Crippen molar-refractivity contribution in [1.29, 1.82) is 0 Å². The topological polar surface area (TPSA) is 91.6 Å². The number of aliphatic hydroxyl groups is 1. The fourth-order valence-electron chi connectivity index (χ4n) is 1.89. The highest BCUT2D eigenvalue weighted by Gasteiger charge is 2.19. The van der Waals surface area contributed by atoms with E-state index in [1.54, 1.807) is 6.07 Å². The average molecular weight is 320 g/mol. The smallest absolute Gasteiger partial charge is 0.287 e. The molecule has 0 aliphatic heterocycles. The zero-order chi connectivity index (χ0) is 16.8. The van der Waals surface area contributed by atoms with Gasteiger partial charge in [0.2, 0.25) is 5.91 Å². The Morgan fingerprint density at radius 1 is 1.26 bits per heavy atom. The first-order valence-corrected chi connectivity index (χ1v) is 7.03. The summed E-state index contributed by atoms with van der Waals surface area (Å²) in [4.78, 5) is 23.7. The Balaban J connectivity index is 1.81. The largest absolute Gasteiger partial charge is 0.459 e. The third-order valence-corrected chi connectivity index (χ3v) is 3.21. The molecule has 122 valence electrons. The van der Waals surface area contributed by atoms with Crippen molar-refractivity contribution in [2.45, 2.75) is 19.1 Å². The van der Waals surface area contributed by atoms with Crippen molar-refractivity contribution in [2.24, 2.45) is 0 Å². The summed E-state index contributed by atoms with van der Waals surface area (Å²) in [7, 11) is 0. The van der Waals surface area contributed by atoms with Crippen LogP contribution in [0, 0.1) is 5.82 Å². The molecule has 1 heterocycles. The van der Waals surface area contributed by atoms with Gasteiger partial charge in [-0.05, 0) is 36.8 Å². The maximum Gasteiger partial charge on any atom is 0.287 e. The summed E-state index contributed by atoms with van der Waals surface area (Å²) in [6.45, 7) is 1.46. The van der Waals surface area contributed by atoms with Gasteiger partial charge in [0, 0.05) is 6.54 Å². The second-order valence-corrected chi connectivity index (χ2v) is 4.98.